The van der Waals surface area contributed by atoms with E-state index in [1.807, 2.05) is 13.8 Å². The Balaban J connectivity index is 2.07. The molecule has 0 amide bonds. The molecule has 25 heavy (non-hydrogen) atoms. The molecule has 1 aromatic carbocycles. The van der Waals surface area contributed by atoms with Gasteiger partial charge in [-0.25, -0.2) is 8.78 Å². The van der Waals surface area contributed by atoms with E-state index in [0.29, 0.717) is 23.4 Å². The van der Waals surface area contributed by atoms with Crippen molar-refractivity contribution in [1.82, 2.24) is 15.1 Å². The molecule has 0 aliphatic carbocycles. The molecule has 0 radical (unpaired) electrons. The number of benzene rings is 1. The molecular formula is C18H18F2N4O. The second-order valence-corrected chi connectivity index (χ2v) is 6.82. The van der Waals surface area contributed by atoms with E-state index in [1.165, 1.54) is 6.07 Å². The van der Waals surface area contributed by atoms with Crippen molar-refractivity contribution in [2.24, 2.45) is 0 Å². The Morgan fingerprint density at radius 3 is 2.72 bits per heavy atom. The normalized spacial score (nSPS) is 17.3. The summed E-state index contributed by atoms with van der Waals surface area (Å²) in [6.45, 7) is 6.08. The van der Waals surface area contributed by atoms with E-state index in [1.54, 1.807) is 18.0 Å². The van der Waals surface area contributed by atoms with Crippen molar-refractivity contribution in [3.8, 4) is 6.07 Å². The fraction of sp³-hybridized carbons (Fsp3) is 0.333. The van der Waals surface area contributed by atoms with Gasteiger partial charge in [0.1, 0.15) is 6.07 Å². The number of fused-ring (bicyclic) bond motifs is 1. The van der Waals surface area contributed by atoms with Crippen LogP contribution in [0.1, 0.15) is 42.6 Å². The Hall–Kier alpha value is -2.72. The number of H-pyrrole nitrogens is 1. The number of rotatable bonds is 2. The van der Waals surface area contributed by atoms with Crippen LogP contribution in [-0.4, -0.2) is 26.7 Å². The lowest BCUT2D eigenvalue weighted by Gasteiger charge is -2.33. The van der Waals surface area contributed by atoms with Crippen LogP contribution >= 0.6 is 0 Å². The molecule has 1 aliphatic heterocycles. The number of nitriles is 1. The average Bonchev–Trinajstić information content (AvgIpc) is 2.90. The molecule has 0 bridgehead atoms. The molecule has 1 aliphatic rings. The first-order chi connectivity index (χ1) is 11.7. The number of allylic oxidation sites excluding steroid dienone is 1. The van der Waals surface area contributed by atoms with Gasteiger partial charge in [-0.2, -0.15) is 10.4 Å². The highest BCUT2D eigenvalue weighted by molar-refractivity contribution is 5.80. The number of aromatic amines is 1. The molecule has 1 atom stereocenters. The van der Waals surface area contributed by atoms with Gasteiger partial charge in [-0.1, -0.05) is 19.9 Å². The number of nitrogens with zero attached hydrogens (tertiary/aromatic N) is 3. The van der Waals surface area contributed by atoms with Crippen LogP contribution < -0.4 is 0 Å². The van der Waals surface area contributed by atoms with Gasteiger partial charge in [0.2, 0.25) is 0 Å². The second kappa shape index (κ2) is 5.97. The number of halogens is 2. The van der Waals surface area contributed by atoms with Gasteiger partial charge in [0.25, 0.3) is 0 Å². The van der Waals surface area contributed by atoms with Crippen molar-refractivity contribution in [3.05, 3.63) is 58.5 Å². The van der Waals surface area contributed by atoms with Gasteiger partial charge in [0, 0.05) is 29.3 Å². The Kier molecular flexibility index (Phi) is 4.09. The number of hydrogen-bond acceptors (Lipinski definition) is 4. The minimum Gasteiger partial charge on any atom is -0.369 e. The Morgan fingerprint density at radius 1 is 1.36 bits per heavy atom. The number of aromatic nitrogens is 2. The largest absolute Gasteiger partial charge is 0.369 e. The third-order valence-electron chi connectivity index (χ3n) is 4.44. The number of hydrogen-bond donors (Lipinski definition) is 2. The number of nitrogens with one attached hydrogen (secondary N) is 1. The molecule has 2 N–H and O–H groups in total. The summed E-state index contributed by atoms with van der Waals surface area (Å²) in [6.07, 6.45) is 0.331. The molecule has 0 saturated carbocycles. The highest BCUT2D eigenvalue weighted by Gasteiger charge is 2.35. The lowest BCUT2D eigenvalue weighted by atomic mass is 9.85. The standard InChI is InChI=1S/C18H18F2N4O/c1-10-15-12(7-21)8-24(9-18(2,3)16(15)23-22-10)17(25)11-4-5-13(19)14(20)6-11/h4-6,8,17,25H,9H2,1-3H3,(H,22,23). The van der Waals surface area contributed by atoms with Gasteiger partial charge in [0.15, 0.2) is 17.9 Å². The zero-order valence-electron chi connectivity index (χ0n) is 14.1. The molecule has 2 aromatic rings. The molecular weight excluding hydrogens is 326 g/mol. The first-order valence-corrected chi connectivity index (χ1v) is 7.81. The highest BCUT2D eigenvalue weighted by atomic mass is 19.2. The van der Waals surface area contributed by atoms with Crippen molar-refractivity contribution < 1.29 is 13.9 Å². The minimum absolute atomic E-state index is 0.212. The molecule has 130 valence electrons. The van der Waals surface area contributed by atoms with Crippen LogP contribution in [0.2, 0.25) is 0 Å². The predicted octanol–water partition coefficient (Wildman–Crippen LogP) is 3.15. The maximum Gasteiger partial charge on any atom is 0.159 e. The molecule has 0 saturated heterocycles. The molecule has 3 rings (SSSR count). The van der Waals surface area contributed by atoms with Crippen molar-refractivity contribution in [3.63, 3.8) is 0 Å². The average molecular weight is 344 g/mol. The summed E-state index contributed by atoms with van der Waals surface area (Å²) in [5.74, 6) is -2.00. The van der Waals surface area contributed by atoms with Gasteiger partial charge in [-0.3, -0.25) is 5.10 Å². The van der Waals surface area contributed by atoms with Gasteiger partial charge in [-0.15, -0.1) is 0 Å². The van der Waals surface area contributed by atoms with Gasteiger partial charge >= 0.3 is 0 Å². The lowest BCUT2D eigenvalue weighted by molar-refractivity contribution is 0.0255. The van der Waals surface area contributed by atoms with Crippen molar-refractivity contribution >= 4 is 5.57 Å². The van der Waals surface area contributed by atoms with Gasteiger partial charge in [-0.05, 0) is 19.1 Å². The van der Waals surface area contributed by atoms with Crippen LogP contribution in [0.3, 0.4) is 0 Å². The summed E-state index contributed by atoms with van der Waals surface area (Å²) in [5, 5.41) is 27.4. The molecule has 0 spiro atoms. The van der Waals surface area contributed by atoms with Crippen LogP contribution in [0.4, 0.5) is 8.78 Å². The van der Waals surface area contributed by atoms with Crippen LogP contribution in [0.25, 0.3) is 5.57 Å². The van der Waals surface area contributed by atoms with E-state index in [2.05, 4.69) is 16.3 Å². The Bertz CT molecular complexity index is 895. The highest BCUT2D eigenvalue weighted by Crippen LogP contribution is 2.37. The third-order valence-corrected chi connectivity index (χ3v) is 4.44. The second-order valence-electron chi connectivity index (χ2n) is 6.82. The van der Waals surface area contributed by atoms with Crippen LogP contribution in [-0.2, 0) is 5.41 Å². The maximum absolute atomic E-state index is 13.5. The van der Waals surface area contributed by atoms with E-state index in [4.69, 9.17) is 0 Å². The Labute approximate surface area is 144 Å². The number of aryl methyl sites for hydroxylation is 1. The predicted molar refractivity (Wildman–Crippen MR) is 88.0 cm³/mol. The molecule has 7 heteroatoms. The van der Waals surface area contributed by atoms with Crippen molar-refractivity contribution in [1.29, 1.82) is 5.26 Å². The van der Waals surface area contributed by atoms with E-state index in [9.17, 15) is 19.1 Å². The zero-order chi connectivity index (χ0) is 18.4. The van der Waals surface area contributed by atoms with E-state index < -0.39 is 23.3 Å². The SMILES string of the molecule is Cc1n[nH]c2c1C(C#N)=CN(C(O)c1ccc(F)c(F)c1)CC2(C)C. The summed E-state index contributed by atoms with van der Waals surface area (Å²) in [7, 11) is 0. The number of aliphatic hydroxyl groups is 1. The fourth-order valence-corrected chi connectivity index (χ4v) is 3.17. The number of aliphatic hydroxyl groups excluding tert-OH is 1. The smallest absolute Gasteiger partial charge is 0.159 e. The summed E-state index contributed by atoms with van der Waals surface area (Å²) in [6, 6.07) is 5.40. The topological polar surface area (TPSA) is 75.9 Å². The minimum atomic E-state index is -1.21. The van der Waals surface area contributed by atoms with Crippen LogP contribution in [0.5, 0.6) is 0 Å². The van der Waals surface area contributed by atoms with E-state index >= 15 is 0 Å². The molecule has 5 nitrogen and oxygen atoms in total. The van der Waals surface area contributed by atoms with Crippen LogP contribution in [0.15, 0.2) is 24.4 Å². The molecule has 1 unspecified atom stereocenters. The lowest BCUT2D eigenvalue weighted by Crippen LogP contribution is -2.36. The first kappa shape index (κ1) is 17.1. The third kappa shape index (κ3) is 2.89. The monoisotopic (exact) mass is 344 g/mol. The first-order valence-electron chi connectivity index (χ1n) is 7.81. The molecule has 1 aromatic heterocycles. The summed E-state index contributed by atoms with van der Waals surface area (Å²) >= 11 is 0. The maximum atomic E-state index is 13.5. The van der Waals surface area contributed by atoms with Crippen molar-refractivity contribution in [2.75, 3.05) is 6.54 Å². The summed E-state index contributed by atoms with van der Waals surface area (Å²) in [5.41, 5.74) is 2.33. The van der Waals surface area contributed by atoms with E-state index in [-0.39, 0.29) is 5.56 Å². The van der Waals surface area contributed by atoms with Crippen molar-refractivity contribution in [2.45, 2.75) is 32.4 Å². The van der Waals surface area contributed by atoms with Crippen LogP contribution in [0, 0.1) is 29.9 Å². The quantitative estimate of drug-likeness (QED) is 0.877. The summed E-state index contributed by atoms with van der Waals surface area (Å²) < 4.78 is 26.7. The van der Waals surface area contributed by atoms with Gasteiger partial charge < -0.3 is 10.0 Å². The Morgan fingerprint density at radius 2 is 2.08 bits per heavy atom. The molecule has 0 fully saturated rings. The zero-order valence-corrected chi connectivity index (χ0v) is 14.1. The summed E-state index contributed by atoms with van der Waals surface area (Å²) in [4.78, 5) is 1.55. The fourth-order valence-electron chi connectivity index (χ4n) is 3.17. The van der Waals surface area contributed by atoms with E-state index in [0.717, 1.165) is 17.8 Å². The van der Waals surface area contributed by atoms with Gasteiger partial charge in [0.05, 0.1) is 17.0 Å². The molecule has 2 heterocycles.